The first-order chi connectivity index (χ1) is 17.4. The lowest BCUT2D eigenvalue weighted by Gasteiger charge is -2.37. The summed E-state index contributed by atoms with van der Waals surface area (Å²) in [4.78, 5) is 2.40. The van der Waals surface area contributed by atoms with E-state index in [1.165, 1.54) is 17.1 Å². The van der Waals surface area contributed by atoms with Gasteiger partial charge in [-0.1, -0.05) is 18.2 Å². The van der Waals surface area contributed by atoms with Crippen molar-refractivity contribution in [2.75, 3.05) is 26.8 Å². The van der Waals surface area contributed by atoms with E-state index in [1.807, 2.05) is 38.1 Å². The van der Waals surface area contributed by atoms with Crippen LogP contribution in [-0.2, 0) is 16.4 Å². The predicted molar refractivity (Wildman–Crippen MR) is 144 cm³/mol. The van der Waals surface area contributed by atoms with Gasteiger partial charge in [0.2, 0.25) is 0 Å². The Morgan fingerprint density at radius 1 is 1.16 bits per heavy atom. The Morgan fingerprint density at radius 2 is 1.86 bits per heavy atom. The van der Waals surface area contributed by atoms with Gasteiger partial charge in [-0.05, 0) is 56.5 Å². The molecule has 0 aromatic heterocycles. The molecule has 2 aromatic rings. The summed E-state index contributed by atoms with van der Waals surface area (Å²) in [6.07, 6.45) is -0.589. The Kier molecular flexibility index (Phi) is 10.5. The molecule has 1 heterocycles. The molecular weight excluding hydrogens is 541 g/mol. The van der Waals surface area contributed by atoms with Crippen LogP contribution in [0.15, 0.2) is 53.4 Å². The van der Waals surface area contributed by atoms with Crippen LogP contribution in [0.1, 0.15) is 25.8 Å². The number of aliphatic hydroxyl groups excluding tert-OH is 2. The van der Waals surface area contributed by atoms with Crippen molar-refractivity contribution in [3.05, 3.63) is 54.1 Å². The molecule has 0 amide bonds. The maximum atomic E-state index is 12.9. The van der Waals surface area contributed by atoms with E-state index < -0.39 is 33.1 Å². The van der Waals surface area contributed by atoms with Gasteiger partial charge in [0.15, 0.2) is 0 Å². The number of ether oxygens (including phenoxy) is 2. The quantitative estimate of drug-likeness (QED) is 0.225. The van der Waals surface area contributed by atoms with Crippen LogP contribution in [0.25, 0.3) is 0 Å². The van der Waals surface area contributed by atoms with Crippen molar-refractivity contribution in [1.29, 1.82) is 0 Å². The van der Waals surface area contributed by atoms with Crippen molar-refractivity contribution in [1.82, 2.24) is 15.2 Å². The number of aliphatic hydroxyl groups is 2. The summed E-state index contributed by atoms with van der Waals surface area (Å²) >= 11 is 12.3. The van der Waals surface area contributed by atoms with E-state index in [0.717, 1.165) is 17.7 Å². The summed E-state index contributed by atoms with van der Waals surface area (Å²) in [5.74, 6) is 1.10. The highest BCUT2D eigenvalue weighted by Gasteiger charge is 2.37. The second-order valence-electron chi connectivity index (χ2n) is 9.69. The highest BCUT2D eigenvalue weighted by atomic mass is 35.5. The highest BCUT2D eigenvalue weighted by Crippen LogP contribution is 2.26. The Morgan fingerprint density at radius 3 is 2.54 bits per heavy atom. The van der Waals surface area contributed by atoms with Gasteiger partial charge >= 0.3 is 0 Å². The van der Waals surface area contributed by atoms with Gasteiger partial charge in [-0.3, -0.25) is 0 Å². The zero-order valence-corrected chi connectivity index (χ0v) is 23.4. The van der Waals surface area contributed by atoms with Gasteiger partial charge in [0.25, 0.3) is 10.0 Å². The van der Waals surface area contributed by atoms with Crippen LogP contribution in [0.5, 0.6) is 11.5 Å². The van der Waals surface area contributed by atoms with E-state index in [0.29, 0.717) is 12.3 Å². The van der Waals surface area contributed by atoms with Crippen LogP contribution < -0.4 is 19.6 Å². The molecule has 206 valence electrons. The van der Waals surface area contributed by atoms with Crippen molar-refractivity contribution in [3.63, 3.8) is 0 Å². The van der Waals surface area contributed by atoms with Gasteiger partial charge in [-0.15, -0.1) is 28.0 Å². The zero-order valence-electron chi connectivity index (χ0n) is 21.1. The zero-order chi connectivity index (χ0) is 27.2. The van der Waals surface area contributed by atoms with Crippen molar-refractivity contribution < 1.29 is 28.1 Å². The number of benzene rings is 2. The molecule has 0 saturated carbocycles. The summed E-state index contributed by atoms with van der Waals surface area (Å²) in [6, 6.07) is 13.8. The van der Waals surface area contributed by atoms with E-state index in [-0.39, 0.29) is 30.0 Å². The summed E-state index contributed by atoms with van der Waals surface area (Å²) in [5, 5.41) is 24.1. The molecule has 4 atom stereocenters. The molecule has 0 aliphatic carbocycles. The number of nitrogens with zero attached hydrogens (tertiary/aromatic N) is 1. The highest BCUT2D eigenvalue weighted by molar-refractivity contribution is 7.89. The molecule has 12 heteroatoms. The lowest BCUT2D eigenvalue weighted by atomic mass is 9.94. The fourth-order valence-electron chi connectivity index (χ4n) is 3.90. The predicted octanol–water partition coefficient (Wildman–Crippen LogP) is 2.48. The first-order valence-electron chi connectivity index (χ1n) is 11.9. The van der Waals surface area contributed by atoms with Crippen molar-refractivity contribution in [2.24, 2.45) is 0 Å². The first-order valence-corrected chi connectivity index (χ1v) is 14.3. The molecule has 3 rings (SSSR count). The number of sulfonamides is 1. The van der Waals surface area contributed by atoms with Gasteiger partial charge in [0, 0.05) is 24.7 Å². The molecule has 0 radical (unpaired) electrons. The topological polar surface area (TPSA) is 120 Å². The third kappa shape index (κ3) is 8.69. The molecule has 1 aliphatic heterocycles. The largest absolute Gasteiger partial charge is 0.497 e. The monoisotopic (exact) mass is 575 g/mol. The van der Waals surface area contributed by atoms with Crippen LogP contribution in [0, 0.1) is 0 Å². The standard InChI is InChI=1S/C25H35Cl2N3O6S/c1-25(2,14-17-7-9-19(35-3)10-8-17)28-15-18(31)16-36-20-5-4-6-21(13-20)37(33,34)29-30-12-11-22(32)23(26)24(30)27/h4-10,13,18,22-24,28-29,31-32H,11-12,14-16H2,1-3H3/t18-,22?,23?,24?/m1/s1. The van der Waals surface area contributed by atoms with E-state index in [2.05, 4.69) is 10.1 Å². The van der Waals surface area contributed by atoms with Crippen molar-refractivity contribution in [3.8, 4) is 11.5 Å². The molecule has 37 heavy (non-hydrogen) atoms. The van der Waals surface area contributed by atoms with Crippen LogP contribution in [-0.4, -0.2) is 79.1 Å². The molecule has 1 aliphatic rings. The van der Waals surface area contributed by atoms with Crippen LogP contribution >= 0.6 is 23.2 Å². The number of hydrazine groups is 1. The normalized spacial score (nSPS) is 22.0. The fraction of sp³-hybridized carbons (Fsp3) is 0.520. The summed E-state index contributed by atoms with van der Waals surface area (Å²) in [7, 11) is -2.34. The second kappa shape index (κ2) is 12.9. The molecule has 1 fully saturated rings. The smallest absolute Gasteiger partial charge is 0.253 e. The molecular formula is C25H35Cl2N3O6S. The van der Waals surface area contributed by atoms with Crippen LogP contribution in [0.2, 0.25) is 0 Å². The SMILES string of the molecule is COc1ccc(CC(C)(C)NC[C@@H](O)COc2cccc(S(=O)(=O)NN3CCC(O)C(Cl)C3Cl)c2)cc1. The van der Waals surface area contributed by atoms with Crippen molar-refractivity contribution in [2.45, 2.75) is 60.2 Å². The minimum absolute atomic E-state index is 0.0236. The Hall–Kier alpha value is -1.63. The molecule has 0 bridgehead atoms. The van der Waals surface area contributed by atoms with Gasteiger partial charge < -0.3 is 25.0 Å². The summed E-state index contributed by atoms with van der Waals surface area (Å²) in [5.41, 5.74) is -0.0445. The maximum Gasteiger partial charge on any atom is 0.253 e. The lowest BCUT2D eigenvalue weighted by Crippen LogP contribution is -2.56. The minimum Gasteiger partial charge on any atom is -0.497 e. The number of halogens is 2. The molecule has 4 N–H and O–H groups in total. The fourth-order valence-corrected chi connectivity index (χ4v) is 5.69. The third-order valence-electron chi connectivity index (χ3n) is 6.01. The number of alkyl halides is 2. The van der Waals surface area contributed by atoms with E-state index in [4.69, 9.17) is 32.7 Å². The van der Waals surface area contributed by atoms with Crippen molar-refractivity contribution >= 4 is 33.2 Å². The molecule has 2 aromatic carbocycles. The number of hydrogen-bond acceptors (Lipinski definition) is 8. The molecule has 0 spiro atoms. The third-order valence-corrected chi connectivity index (χ3v) is 8.53. The van der Waals surface area contributed by atoms with Crippen LogP contribution in [0.3, 0.4) is 0 Å². The Bertz CT molecular complexity index is 1120. The number of methoxy groups -OCH3 is 1. The molecule has 3 unspecified atom stereocenters. The molecule has 9 nitrogen and oxygen atoms in total. The maximum absolute atomic E-state index is 12.9. The minimum atomic E-state index is -3.97. The number of nitrogens with one attached hydrogen (secondary N) is 2. The number of β-amino-alcohol motifs (C(OH)–C–C–N with tert-alkyl or cyclic N) is 1. The van der Waals surface area contributed by atoms with E-state index in [9.17, 15) is 18.6 Å². The average molecular weight is 577 g/mol. The van der Waals surface area contributed by atoms with Crippen LogP contribution in [0.4, 0.5) is 0 Å². The first kappa shape index (κ1) is 29.9. The number of piperidine rings is 1. The summed E-state index contributed by atoms with van der Waals surface area (Å²) in [6.45, 7) is 4.58. The Balaban J connectivity index is 1.51. The average Bonchev–Trinajstić information content (AvgIpc) is 2.87. The van der Waals surface area contributed by atoms with Gasteiger partial charge in [0.05, 0.1) is 23.5 Å². The number of hydrogen-bond donors (Lipinski definition) is 4. The number of rotatable bonds is 12. The van der Waals surface area contributed by atoms with E-state index in [1.54, 1.807) is 19.2 Å². The second-order valence-corrected chi connectivity index (χ2v) is 12.3. The lowest BCUT2D eigenvalue weighted by molar-refractivity contribution is 0.0622. The Labute approximate surface area is 228 Å². The van der Waals surface area contributed by atoms with Gasteiger partial charge in [-0.25, -0.2) is 13.4 Å². The van der Waals surface area contributed by atoms with Gasteiger partial charge in [-0.2, -0.15) is 0 Å². The molecule has 1 saturated heterocycles. The summed E-state index contributed by atoms with van der Waals surface area (Å²) < 4.78 is 36.6. The van der Waals surface area contributed by atoms with Gasteiger partial charge in [0.1, 0.15) is 29.7 Å². The van der Waals surface area contributed by atoms with E-state index >= 15 is 0 Å².